The summed E-state index contributed by atoms with van der Waals surface area (Å²) < 4.78 is 0. The van der Waals surface area contributed by atoms with Crippen LogP contribution in [0.2, 0.25) is 0 Å². The van der Waals surface area contributed by atoms with Gasteiger partial charge in [-0.15, -0.1) is 0 Å². The van der Waals surface area contributed by atoms with Crippen molar-refractivity contribution in [2.75, 3.05) is 7.05 Å². The van der Waals surface area contributed by atoms with Crippen molar-refractivity contribution in [1.82, 2.24) is 10.3 Å². The van der Waals surface area contributed by atoms with Gasteiger partial charge in [0.05, 0.1) is 0 Å². The number of nitrogens with zero attached hydrogens (tertiary/aromatic N) is 1. The summed E-state index contributed by atoms with van der Waals surface area (Å²) in [6.07, 6.45) is 4.81. The van der Waals surface area contributed by atoms with Gasteiger partial charge in [-0.1, -0.05) is 18.2 Å². The number of nitrogens with one attached hydrogen (secondary N) is 1. The number of hydrogen-bond donors (Lipinski definition) is 1. The molecular weight excluding hydrogens is 252 g/mol. The molecule has 3 heteroatoms. The molecule has 2 heterocycles. The van der Waals surface area contributed by atoms with Gasteiger partial charge >= 0.3 is 0 Å². The summed E-state index contributed by atoms with van der Waals surface area (Å²) in [5.41, 5.74) is 2.73. The number of benzene rings is 1. The number of rotatable bonds is 4. The van der Waals surface area contributed by atoms with Crippen molar-refractivity contribution in [1.29, 1.82) is 0 Å². The lowest BCUT2D eigenvalue weighted by atomic mass is 9.96. The third-order valence-corrected chi connectivity index (χ3v) is 4.19. The van der Waals surface area contributed by atoms with E-state index in [0.717, 1.165) is 6.42 Å². The summed E-state index contributed by atoms with van der Waals surface area (Å²) in [6, 6.07) is 11.1. The van der Waals surface area contributed by atoms with E-state index in [1.165, 1.54) is 21.9 Å². The maximum Gasteiger partial charge on any atom is 0.0364 e. The lowest BCUT2D eigenvalue weighted by Gasteiger charge is -2.18. The van der Waals surface area contributed by atoms with E-state index in [4.69, 9.17) is 0 Å². The van der Waals surface area contributed by atoms with Crippen molar-refractivity contribution in [2.45, 2.75) is 12.5 Å². The van der Waals surface area contributed by atoms with E-state index in [0.29, 0.717) is 6.04 Å². The second-order valence-corrected chi connectivity index (χ2v) is 5.40. The van der Waals surface area contributed by atoms with Gasteiger partial charge in [0.1, 0.15) is 0 Å². The Morgan fingerprint density at radius 1 is 1.26 bits per heavy atom. The first-order valence-corrected chi connectivity index (χ1v) is 7.34. The monoisotopic (exact) mass is 268 g/mol. The van der Waals surface area contributed by atoms with Crippen LogP contribution in [-0.2, 0) is 6.42 Å². The zero-order valence-electron chi connectivity index (χ0n) is 10.8. The highest BCUT2D eigenvalue weighted by atomic mass is 32.1. The minimum atomic E-state index is 0.334. The lowest BCUT2D eigenvalue weighted by molar-refractivity contribution is 0.597. The topological polar surface area (TPSA) is 24.9 Å². The standard InChI is InChI=1S/C16H16N2S/c1-17-16(9-12-6-8-19-11-12)15-4-2-3-13-10-18-7-5-14(13)15/h2-8,10-11,16-17H,9H2,1H3. The molecule has 1 atom stereocenters. The Morgan fingerprint density at radius 3 is 3.00 bits per heavy atom. The molecule has 1 N–H and O–H groups in total. The molecule has 0 aliphatic carbocycles. The first-order chi connectivity index (χ1) is 9.38. The Bertz CT molecular complexity index is 656. The van der Waals surface area contributed by atoms with Gasteiger partial charge < -0.3 is 5.32 Å². The van der Waals surface area contributed by atoms with Gasteiger partial charge in [0.25, 0.3) is 0 Å². The molecule has 2 aromatic heterocycles. The number of thiophene rings is 1. The average Bonchev–Trinajstić information content (AvgIpc) is 2.97. The SMILES string of the molecule is CNC(Cc1ccsc1)c1cccc2cnccc12. The molecule has 0 aliphatic rings. The number of hydrogen-bond acceptors (Lipinski definition) is 3. The summed E-state index contributed by atoms with van der Waals surface area (Å²) in [7, 11) is 2.02. The Kier molecular flexibility index (Phi) is 3.58. The Hall–Kier alpha value is -1.71. The van der Waals surface area contributed by atoms with E-state index in [1.807, 2.05) is 19.4 Å². The van der Waals surface area contributed by atoms with Crippen LogP contribution < -0.4 is 5.32 Å². The second kappa shape index (κ2) is 5.51. The van der Waals surface area contributed by atoms with Crippen LogP contribution in [0.1, 0.15) is 17.2 Å². The maximum absolute atomic E-state index is 4.20. The number of aromatic nitrogens is 1. The predicted octanol–water partition coefficient (Wildman–Crippen LogP) is 3.80. The molecule has 1 aromatic carbocycles. The quantitative estimate of drug-likeness (QED) is 0.778. The smallest absolute Gasteiger partial charge is 0.0364 e. The van der Waals surface area contributed by atoms with Crippen molar-refractivity contribution in [3.05, 3.63) is 64.6 Å². The van der Waals surface area contributed by atoms with Crippen LogP contribution >= 0.6 is 11.3 Å². The van der Waals surface area contributed by atoms with Crippen molar-refractivity contribution in [2.24, 2.45) is 0 Å². The molecule has 0 spiro atoms. The van der Waals surface area contributed by atoms with Gasteiger partial charge in [0, 0.05) is 23.8 Å². The minimum Gasteiger partial charge on any atom is -0.313 e. The molecule has 3 rings (SSSR count). The molecule has 0 amide bonds. The van der Waals surface area contributed by atoms with E-state index < -0.39 is 0 Å². The van der Waals surface area contributed by atoms with Crippen LogP contribution in [-0.4, -0.2) is 12.0 Å². The third kappa shape index (κ3) is 2.53. The van der Waals surface area contributed by atoms with Crippen LogP contribution in [0.5, 0.6) is 0 Å². The first-order valence-electron chi connectivity index (χ1n) is 6.39. The van der Waals surface area contributed by atoms with E-state index in [-0.39, 0.29) is 0 Å². The summed E-state index contributed by atoms with van der Waals surface area (Å²) in [6.45, 7) is 0. The van der Waals surface area contributed by atoms with E-state index >= 15 is 0 Å². The highest BCUT2D eigenvalue weighted by molar-refractivity contribution is 7.07. The normalized spacial score (nSPS) is 12.7. The van der Waals surface area contributed by atoms with Gasteiger partial charge in [-0.05, 0) is 52.9 Å². The van der Waals surface area contributed by atoms with Crippen molar-refractivity contribution >= 4 is 22.1 Å². The molecule has 2 nitrogen and oxygen atoms in total. The molecule has 0 bridgehead atoms. The molecule has 0 saturated carbocycles. The fraction of sp³-hybridized carbons (Fsp3) is 0.188. The predicted molar refractivity (Wildman–Crippen MR) is 81.6 cm³/mol. The third-order valence-electron chi connectivity index (χ3n) is 3.46. The minimum absolute atomic E-state index is 0.334. The van der Waals surface area contributed by atoms with Crippen LogP contribution in [0, 0.1) is 0 Å². The maximum atomic E-state index is 4.20. The lowest BCUT2D eigenvalue weighted by Crippen LogP contribution is -2.18. The van der Waals surface area contributed by atoms with E-state index in [9.17, 15) is 0 Å². The number of fused-ring (bicyclic) bond motifs is 1. The summed E-state index contributed by atoms with van der Waals surface area (Å²) >= 11 is 1.75. The highest BCUT2D eigenvalue weighted by Gasteiger charge is 2.13. The molecule has 96 valence electrons. The zero-order chi connectivity index (χ0) is 13.1. The summed E-state index contributed by atoms with van der Waals surface area (Å²) in [5.74, 6) is 0. The average molecular weight is 268 g/mol. The van der Waals surface area contributed by atoms with Crippen molar-refractivity contribution in [3.8, 4) is 0 Å². The Labute approximate surface area is 117 Å². The van der Waals surface area contributed by atoms with Gasteiger partial charge in [-0.3, -0.25) is 4.98 Å². The van der Waals surface area contributed by atoms with E-state index in [1.54, 1.807) is 11.3 Å². The molecule has 0 radical (unpaired) electrons. The second-order valence-electron chi connectivity index (χ2n) is 4.62. The van der Waals surface area contributed by atoms with Crippen LogP contribution in [0.25, 0.3) is 10.8 Å². The van der Waals surface area contributed by atoms with Gasteiger partial charge in [-0.2, -0.15) is 11.3 Å². The van der Waals surface area contributed by atoms with Crippen LogP contribution in [0.15, 0.2) is 53.5 Å². The molecular formula is C16H16N2S. The van der Waals surface area contributed by atoms with Crippen molar-refractivity contribution in [3.63, 3.8) is 0 Å². The Balaban J connectivity index is 2.01. The van der Waals surface area contributed by atoms with Gasteiger partial charge in [-0.25, -0.2) is 0 Å². The van der Waals surface area contributed by atoms with Crippen LogP contribution in [0.3, 0.4) is 0 Å². The molecule has 3 aromatic rings. The molecule has 0 fully saturated rings. The molecule has 19 heavy (non-hydrogen) atoms. The largest absolute Gasteiger partial charge is 0.313 e. The fourth-order valence-electron chi connectivity index (χ4n) is 2.46. The number of pyridine rings is 1. The Morgan fingerprint density at radius 2 is 2.21 bits per heavy atom. The number of likely N-dealkylation sites (N-methyl/N-ethyl adjacent to an activating group) is 1. The van der Waals surface area contributed by atoms with E-state index in [2.05, 4.69) is 51.4 Å². The summed E-state index contributed by atoms with van der Waals surface area (Å²) in [4.78, 5) is 4.20. The molecule has 0 aliphatic heterocycles. The fourth-order valence-corrected chi connectivity index (χ4v) is 3.14. The van der Waals surface area contributed by atoms with Crippen LogP contribution in [0.4, 0.5) is 0 Å². The molecule has 1 unspecified atom stereocenters. The zero-order valence-corrected chi connectivity index (χ0v) is 11.7. The highest BCUT2D eigenvalue weighted by Crippen LogP contribution is 2.26. The van der Waals surface area contributed by atoms with Gasteiger partial charge in [0.2, 0.25) is 0 Å². The van der Waals surface area contributed by atoms with Crippen molar-refractivity contribution < 1.29 is 0 Å². The first kappa shape index (κ1) is 12.3. The van der Waals surface area contributed by atoms with Gasteiger partial charge in [0.15, 0.2) is 0 Å². The molecule has 0 saturated heterocycles. The summed E-state index contributed by atoms with van der Waals surface area (Å²) in [5, 5.41) is 10.3.